The summed E-state index contributed by atoms with van der Waals surface area (Å²) in [6, 6.07) is 114. The quantitative estimate of drug-likeness (QED) is 0.127. The van der Waals surface area contributed by atoms with E-state index in [2.05, 4.69) is 335 Å². The van der Waals surface area contributed by atoms with Crippen LogP contribution in [0.5, 0.6) is 23.0 Å². The molecule has 0 saturated heterocycles. The molecule has 0 bridgehead atoms. The highest BCUT2D eigenvalue weighted by Crippen LogP contribution is 2.51. The van der Waals surface area contributed by atoms with Crippen molar-refractivity contribution >= 4 is 114 Å². The van der Waals surface area contributed by atoms with Crippen LogP contribution in [0.3, 0.4) is 0 Å². The van der Waals surface area contributed by atoms with Gasteiger partial charge in [0.15, 0.2) is 0 Å². The Bertz CT molecular complexity index is 4370. The molecular formula is C78H52B2N4O2. The van der Waals surface area contributed by atoms with Gasteiger partial charge in [-0.1, -0.05) is 212 Å². The Morgan fingerprint density at radius 2 is 0.547 bits per heavy atom. The van der Waals surface area contributed by atoms with Gasteiger partial charge in [0.25, 0.3) is 13.4 Å². The van der Waals surface area contributed by atoms with E-state index in [1.807, 2.05) is 0 Å². The van der Waals surface area contributed by atoms with Crippen molar-refractivity contribution in [2.45, 2.75) is 0 Å². The Labute approximate surface area is 501 Å². The standard InChI is InChI=1S/C78H52B2N4O2/c1-7-27-53(28-8-1)61-39-19-23-43-67(61)83-69-45-25-21-41-63(69)79-65-51-66-74(52-73(65)85-75-49-59(47-71(83)77(75)79)81(55-31-11-3-12-32-55)56-33-13-4-14-34-56)86-76-50-60(82(57-35-15-5-16-36-57)58-37-17-6-18-38-58)48-72-78(76)80(66)64-42-22-26-46-70(64)84(72)68-44-24-20-40-62(68)54-29-9-2-10-30-54/h1-52H. The Morgan fingerprint density at radius 3 is 0.919 bits per heavy atom. The molecule has 0 atom stereocenters. The van der Waals surface area contributed by atoms with Crippen LogP contribution in [0, 0.1) is 0 Å². The van der Waals surface area contributed by atoms with Gasteiger partial charge in [0.1, 0.15) is 23.0 Å². The number of ether oxygens (including phenoxy) is 2. The van der Waals surface area contributed by atoms with E-state index in [0.29, 0.717) is 0 Å². The van der Waals surface area contributed by atoms with Gasteiger partial charge in [0.05, 0.1) is 22.7 Å². The summed E-state index contributed by atoms with van der Waals surface area (Å²) in [5, 5.41) is 0. The number of rotatable bonds is 10. The van der Waals surface area contributed by atoms with Gasteiger partial charge in [-0.05, 0) is 129 Å². The normalized spacial score (nSPS) is 12.7. The summed E-state index contributed by atoms with van der Waals surface area (Å²) in [6.07, 6.45) is 0. The van der Waals surface area contributed by atoms with Crippen molar-refractivity contribution in [2.75, 3.05) is 19.6 Å². The van der Waals surface area contributed by atoms with Crippen molar-refractivity contribution in [3.8, 4) is 45.3 Å². The van der Waals surface area contributed by atoms with E-state index in [-0.39, 0.29) is 13.4 Å². The molecule has 4 heterocycles. The molecule has 6 nitrogen and oxygen atoms in total. The smallest absolute Gasteiger partial charge is 0.256 e. The predicted octanol–water partition coefficient (Wildman–Crippen LogP) is 16.8. The first-order chi connectivity index (χ1) is 42.7. The second-order valence-corrected chi connectivity index (χ2v) is 22.3. The predicted molar refractivity (Wildman–Crippen MR) is 358 cm³/mol. The number of benzene rings is 13. The lowest BCUT2D eigenvalue weighted by molar-refractivity contribution is 0.466. The van der Waals surface area contributed by atoms with Gasteiger partial charge in [-0.25, -0.2) is 0 Å². The number of nitrogens with zero attached hydrogens (tertiary/aromatic N) is 4. The summed E-state index contributed by atoms with van der Waals surface area (Å²) in [6.45, 7) is -0.411. The molecule has 0 saturated carbocycles. The molecular weight excluding hydrogens is 1050 g/mol. The third-order valence-electron chi connectivity index (χ3n) is 17.5. The molecule has 8 heteroatoms. The summed E-state index contributed by atoms with van der Waals surface area (Å²) in [5.74, 6) is 3.12. The fraction of sp³-hybridized carbons (Fsp3) is 0. The minimum atomic E-state index is -0.206. The molecule has 0 aromatic heterocycles. The summed E-state index contributed by atoms with van der Waals surface area (Å²) >= 11 is 0. The second kappa shape index (κ2) is 20.3. The fourth-order valence-electron chi connectivity index (χ4n) is 13.9. The molecule has 4 aliphatic rings. The van der Waals surface area contributed by atoms with Gasteiger partial charge in [-0.15, -0.1) is 0 Å². The van der Waals surface area contributed by atoms with Crippen LogP contribution in [0.2, 0.25) is 0 Å². The third kappa shape index (κ3) is 7.98. The number of para-hydroxylation sites is 8. The number of hydrogen-bond acceptors (Lipinski definition) is 6. The zero-order chi connectivity index (χ0) is 56.7. The zero-order valence-corrected chi connectivity index (χ0v) is 46.8. The Hall–Kier alpha value is -11.2. The van der Waals surface area contributed by atoms with Crippen molar-refractivity contribution in [3.05, 3.63) is 315 Å². The van der Waals surface area contributed by atoms with E-state index in [9.17, 15) is 0 Å². The van der Waals surface area contributed by atoms with Gasteiger partial charge in [0.2, 0.25) is 0 Å². The van der Waals surface area contributed by atoms with Crippen LogP contribution in [0.4, 0.5) is 68.2 Å². The average Bonchev–Trinajstić information content (AvgIpc) is 0.760. The number of hydrogen-bond donors (Lipinski definition) is 0. The first-order valence-corrected chi connectivity index (χ1v) is 29.5. The third-order valence-corrected chi connectivity index (χ3v) is 17.5. The van der Waals surface area contributed by atoms with E-state index in [4.69, 9.17) is 9.47 Å². The number of anilines is 12. The molecule has 0 aliphatic carbocycles. The monoisotopic (exact) mass is 1100 g/mol. The summed E-state index contributed by atoms with van der Waals surface area (Å²) in [4.78, 5) is 9.64. The Morgan fingerprint density at radius 1 is 0.233 bits per heavy atom. The van der Waals surface area contributed by atoms with Crippen molar-refractivity contribution < 1.29 is 9.47 Å². The van der Waals surface area contributed by atoms with Gasteiger partial charge >= 0.3 is 0 Å². The molecule has 13 aromatic rings. The van der Waals surface area contributed by atoms with Crippen molar-refractivity contribution in [1.29, 1.82) is 0 Å². The highest BCUT2D eigenvalue weighted by atomic mass is 16.5. The topological polar surface area (TPSA) is 31.4 Å². The highest BCUT2D eigenvalue weighted by molar-refractivity contribution is 7.02. The number of fused-ring (bicyclic) bond motifs is 8. The van der Waals surface area contributed by atoms with Crippen LogP contribution in [-0.4, -0.2) is 13.4 Å². The van der Waals surface area contributed by atoms with Crippen LogP contribution in [0.25, 0.3) is 22.3 Å². The Balaban J connectivity index is 0.910. The van der Waals surface area contributed by atoms with E-state index in [0.717, 1.165) is 135 Å². The maximum absolute atomic E-state index is 7.59. The molecule has 13 aromatic carbocycles. The zero-order valence-electron chi connectivity index (χ0n) is 46.8. The molecule has 0 radical (unpaired) electrons. The highest BCUT2D eigenvalue weighted by Gasteiger charge is 2.47. The Kier molecular flexibility index (Phi) is 11.7. The molecule has 0 unspecified atom stereocenters. The van der Waals surface area contributed by atoms with Crippen LogP contribution in [-0.2, 0) is 0 Å². The molecule has 402 valence electrons. The van der Waals surface area contributed by atoms with Crippen molar-refractivity contribution in [2.24, 2.45) is 0 Å². The lowest BCUT2D eigenvalue weighted by atomic mass is 9.31. The van der Waals surface area contributed by atoms with Crippen LogP contribution in [0.1, 0.15) is 0 Å². The molecule has 86 heavy (non-hydrogen) atoms. The molecule has 0 spiro atoms. The maximum Gasteiger partial charge on any atom is 0.256 e. The van der Waals surface area contributed by atoms with Gasteiger partial charge < -0.3 is 29.1 Å². The first kappa shape index (κ1) is 49.4. The second-order valence-electron chi connectivity index (χ2n) is 22.3. The van der Waals surface area contributed by atoms with Gasteiger partial charge in [-0.2, -0.15) is 0 Å². The first-order valence-electron chi connectivity index (χ1n) is 29.5. The van der Waals surface area contributed by atoms with Crippen LogP contribution >= 0.6 is 0 Å². The molecule has 0 amide bonds. The van der Waals surface area contributed by atoms with E-state index >= 15 is 0 Å². The lowest BCUT2D eigenvalue weighted by Gasteiger charge is -2.43. The minimum Gasteiger partial charge on any atom is -0.458 e. The fourth-order valence-corrected chi connectivity index (χ4v) is 13.9. The van der Waals surface area contributed by atoms with E-state index < -0.39 is 0 Å². The molecule has 0 N–H and O–H groups in total. The van der Waals surface area contributed by atoms with Crippen LogP contribution in [0.15, 0.2) is 315 Å². The van der Waals surface area contributed by atoms with E-state index in [1.54, 1.807) is 0 Å². The average molecular weight is 1100 g/mol. The van der Waals surface area contributed by atoms with E-state index in [1.165, 1.54) is 10.9 Å². The molecule has 4 aliphatic heterocycles. The largest absolute Gasteiger partial charge is 0.458 e. The molecule has 17 rings (SSSR count). The summed E-state index contributed by atoms with van der Waals surface area (Å²) in [5.41, 5.74) is 24.0. The molecule has 0 fully saturated rings. The van der Waals surface area contributed by atoms with Crippen molar-refractivity contribution in [3.63, 3.8) is 0 Å². The summed E-state index contributed by atoms with van der Waals surface area (Å²) in [7, 11) is 0. The van der Waals surface area contributed by atoms with Gasteiger partial charge in [-0.3, -0.25) is 0 Å². The maximum atomic E-state index is 7.59. The van der Waals surface area contributed by atoms with Crippen LogP contribution < -0.4 is 61.9 Å². The van der Waals surface area contributed by atoms with Gasteiger partial charge in [0, 0.05) is 74.8 Å². The SMILES string of the molecule is c1ccc(-c2ccccc2N2c3ccccc3B3c4cc5c(cc4Oc4cc(N(c6ccccc6)c6ccccc6)cc2c43)Oc2cc(N(c3ccccc3)c3ccccc3)cc3c2B5c2ccccc2N3c2ccccc2-c2ccccc2)cc1. The summed E-state index contributed by atoms with van der Waals surface area (Å²) < 4.78 is 15.2. The van der Waals surface area contributed by atoms with Crippen molar-refractivity contribution in [1.82, 2.24) is 0 Å². The minimum absolute atomic E-state index is 0.206. The lowest BCUT2D eigenvalue weighted by Crippen LogP contribution is -2.63.